The zero-order chi connectivity index (χ0) is 21.0. The molecule has 2 aliphatic rings. The van der Waals surface area contributed by atoms with Gasteiger partial charge in [0, 0.05) is 23.4 Å². The van der Waals surface area contributed by atoms with Crippen LogP contribution in [-0.4, -0.2) is 28.5 Å². The predicted octanol–water partition coefficient (Wildman–Crippen LogP) is 4.14. The lowest BCUT2D eigenvalue weighted by atomic mass is 9.45. The second-order valence-corrected chi connectivity index (χ2v) is 10.1. The second-order valence-electron chi connectivity index (χ2n) is 10.1. The van der Waals surface area contributed by atoms with Crippen molar-refractivity contribution in [1.82, 2.24) is 0 Å². The first-order chi connectivity index (χ1) is 13.5. The maximum Gasteiger partial charge on any atom is 0.336 e. The van der Waals surface area contributed by atoms with E-state index in [4.69, 9.17) is 9.15 Å². The van der Waals surface area contributed by atoms with E-state index in [0.29, 0.717) is 30.3 Å². The molecule has 5 nitrogen and oxygen atoms in total. The van der Waals surface area contributed by atoms with Crippen molar-refractivity contribution in [3.05, 3.63) is 40.8 Å². The topological polar surface area (TPSA) is 79.9 Å². The normalized spacial score (nSPS) is 36.6. The highest BCUT2D eigenvalue weighted by atomic mass is 16.5. The lowest BCUT2D eigenvalue weighted by molar-refractivity contribution is -0.201. The molecule has 5 heteroatoms. The van der Waals surface area contributed by atoms with Gasteiger partial charge in [-0.1, -0.05) is 20.8 Å². The van der Waals surface area contributed by atoms with Crippen LogP contribution < -0.4 is 10.4 Å². The maximum absolute atomic E-state index is 11.5. The predicted molar refractivity (Wildman–Crippen MR) is 112 cm³/mol. The Morgan fingerprint density at radius 1 is 1.10 bits per heavy atom. The molecule has 2 aromatic rings. The van der Waals surface area contributed by atoms with Gasteiger partial charge in [0.15, 0.2) is 0 Å². The molecule has 2 fully saturated rings. The van der Waals surface area contributed by atoms with Crippen molar-refractivity contribution in [2.24, 2.45) is 22.7 Å². The van der Waals surface area contributed by atoms with E-state index in [2.05, 4.69) is 20.8 Å². The standard InChI is InChI=1S/C24H32O5/c1-22(2)18-9-12-24(4,27)19(23(18,3)11-10-20(22)25)14-28-16-7-5-15-6-8-21(26)29-17(15)13-16/h5-8,13,18-20,25,27H,9-12,14H2,1-4H3/t18-,19-,20-,23-,24+/m1/s1. The van der Waals surface area contributed by atoms with Crippen molar-refractivity contribution in [1.29, 1.82) is 0 Å². The Morgan fingerprint density at radius 3 is 2.59 bits per heavy atom. The largest absolute Gasteiger partial charge is 0.493 e. The van der Waals surface area contributed by atoms with Crippen LogP contribution in [0.5, 0.6) is 5.75 Å². The molecule has 1 aromatic heterocycles. The van der Waals surface area contributed by atoms with Gasteiger partial charge in [-0.25, -0.2) is 4.79 Å². The highest BCUT2D eigenvalue weighted by Crippen LogP contribution is 2.61. The number of hydrogen-bond acceptors (Lipinski definition) is 5. The minimum Gasteiger partial charge on any atom is -0.493 e. The first-order valence-electron chi connectivity index (χ1n) is 10.6. The summed E-state index contributed by atoms with van der Waals surface area (Å²) in [6.45, 7) is 8.87. The van der Waals surface area contributed by atoms with Crippen LogP contribution >= 0.6 is 0 Å². The van der Waals surface area contributed by atoms with Crippen LogP contribution in [0.2, 0.25) is 0 Å². The Labute approximate surface area is 171 Å². The summed E-state index contributed by atoms with van der Waals surface area (Å²) in [5.41, 5.74) is -1.02. The van der Waals surface area contributed by atoms with Gasteiger partial charge in [-0.15, -0.1) is 0 Å². The van der Waals surface area contributed by atoms with E-state index in [9.17, 15) is 15.0 Å². The van der Waals surface area contributed by atoms with E-state index in [1.807, 2.05) is 19.1 Å². The molecule has 0 unspecified atom stereocenters. The number of aliphatic hydroxyl groups is 2. The monoisotopic (exact) mass is 400 g/mol. The number of ether oxygens (including phenoxy) is 1. The Morgan fingerprint density at radius 2 is 1.83 bits per heavy atom. The first-order valence-corrected chi connectivity index (χ1v) is 10.6. The third-order valence-electron chi connectivity index (χ3n) is 8.01. The van der Waals surface area contributed by atoms with Crippen LogP contribution in [-0.2, 0) is 0 Å². The fraction of sp³-hybridized carbons (Fsp3) is 0.625. The lowest BCUT2D eigenvalue weighted by Crippen LogP contribution is -2.61. The molecule has 0 aliphatic heterocycles. The van der Waals surface area contributed by atoms with Gasteiger partial charge in [-0.05, 0) is 67.6 Å². The van der Waals surface area contributed by atoms with Gasteiger partial charge in [0.1, 0.15) is 11.3 Å². The molecular formula is C24H32O5. The summed E-state index contributed by atoms with van der Waals surface area (Å²) in [6, 6.07) is 8.62. The van der Waals surface area contributed by atoms with Gasteiger partial charge in [0.05, 0.1) is 18.3 Å². The third kappa shape index (κ3) is 3.38. The summed E-state index contributed by atoms with van der Waals surface area (Å²) in [6.07, 6.45) is 2.91. The highest BCUT2D eigenvalue weighted by Gasteiger charge is 2.60. The minimum atomic E-state index is -0.826. The zero-order valence-electron chi connectivity index (χ0n) is 17.8. The average Bonchev–Trinajstić information content (AvgIpc) is 2.64. The summed E-state index contributed by atoms with van der Waals surface area (Å²) in [5.74, 6) is 0.893. The molecule has 0 spiro atoms. The first kappa shape index (κ1) is 20.4. The van der Waals surface area contributed by atoms with Crippen molar-refractivity contribution >= 4 is 11.0 Å². The molecule has 1 aromatic carbocycles. The molecule has 5 atom stereocenters. The fourth-order valence-corrected chi connectivity index (χ4v) is 6.20. The maximum atomic E-state index is 11.5. The van der Waals surface area contributed by atoms with Crippen molar-refractivity contribution < 1.29 is 19.4 Å². The van der Waals surface area contributed by atoms with Crippen LogP contribution in [0, 0.1) is 22.7 Å². The smallest absolute Gasteiger partial charge is 0.336 e. The summed E-state index contributed by atoms with van der Waals surface area (Å²) in [4.78, 5) is 11.5. The molecule has 0 radical (unpaired) electrons. The molecule has 2 saturated carbocycles. The summed E-state index contributed by atoms with van der Waals surface area (Å²) >= 11 is 0. The van der Waals surface area contributed by atoms with E-state index >= 15 is 0 Å². The van der Waals surface area contributed by atoms with E-state index < -0.39 is 5.60 Å². The molecule has 4 rings (SSSR count). The van der Waals surface area contributed by atoms with Crippen molar-refractivity contribution in [2.75, 3.05) is 6.61 Å². The van der Waals surface area contributed by atoms with E-state index in [1.54, 1.807) is 12.1 Å². The van der Waals surface area contributed by atoms with Crippen LogP contribution in [0.25, 0.3) is 11.0 Å². The van der Waals surface area contributed by atoms with Gasteiger partial charge in [0.2, 0.25) is 0 Å². The second kappa shape index (κ2) is 6.85. The number of hydrogen-bond donors (Lipinski definition) is 2. The van der Waals surface area contributed by atoms with Crippen LogP contribution in [0.1, 0.15) is 53.4 Å². The molecular weight excluding hydrogens is 368 g/mol. The summed E-state index contributed by atoms with van der Waals surface area (Å²) in [5, 5.41) is 22.7. The molecule has 0 saturated heterocycles. The summed E-state index contributed by atoms with van der Waals surface area (Å²) in [7, 11) is 0. The van der Waals surface area contributed by atoms with E-state index in [-0.39, 0.29) is 28.5 Å². The Bertz CT molecular complexity index is 959. The molecule has 0 bridgehead atoms. The molecule has 2 aliphatic carbocycles. The van der Waals surface area contributed by atoms with Crippen molar-refractivity contribution in [3.8, 4) is 5.75 Å². The van der Waals surface area contributed by atoms with Gasteiger partial charge in [-0.3, -0.25) is 0 Å². The van der Waals surface area contributed by atoms with Crippen LogP contribution in [0.15, 0.2) is 39.5 Å². The SMILES string of the molecule is CC1(C)[C@H](O)CC[C@]2(C)[C@@H]1CC[C@](C)(O)[C@@H]2COc1ccc2ccc(=O)oc2c1. The van der Waals surface area contributed by atoms with Crippen molar-refractivity contribution in [2.45, 2.75) is 65.1 Å². The number of rotatable bonds is 3. The Hall–Kier alpha value is -1.85. The summed E-state index contributed by atoms with van der Waals surface area (Å²) < 4.78 is 11.4. The quantitative estimate of drug-likeness (QED) is 0.757. The molecule has 2 N–H and O–H groups in total. The minimum absolute atomic E-state index is 0.0565. The lowest BCUT2D eigenvalue weighted by Gasteiger charge is -2.62. The number of benzene rings is 1. The van der Waals surface area contributed by atoms with Crippen molar-refractivity contribution in [3.63, 3.8) is 0 Å². The third-order valence-corrected chi connectivity index (χ3v) is 8.01. The van der Waals surface area contributed by atoms with Crippen LogP contribution in [0.3, 0.4) is 0 Å². The molecule has 1 heterocycles. The Balaban J connectivity index is 1.61. The van der Waals surface area contributed by atoms with Gasteiger partial charge in [0.25, 0.3) is 0 Å². The number of fused-ring (bicyclic) bond motifs is 2. The van der Waals surface area contributed by atoms with Gasteiger partial charge in [-0.2, -0.15) is 0 Å². The zero-order valence-corrected chi connectivity index (χ0v) is 17.8. The molecule has 158 valence electrons. The fourth-order valence-electron chi connectivity index (χ4n) is 6.20. The van der Waals surface area contributed by atoms with E-state index in [0.717, 1.165) is 24.6 Å². The average molecular weight is 401 g/mol. The van der Waals surface area contributed by atoms with Gasteiger partial charge >= 0.3 is 5.63 Å². The highest BCUT2D eigenvalue weighted by molar-refractivity contribution is 5.77. The van der Waals surface area contributed by atoms with Gasteiger partial charge < -0.3 is 19.4 Å². The molecule has 29 heavy (non-hydrogen) atoms. The van der Waals surface area contributed by atoms with E-state index in [1.165, 1.54) is 6.07 Å². The molecule has 0 amide bonds. The van der Waals surface area contributed by atoms with Crippen LogP contribution in [0.4, 0.5) is 0 Å². The Kier molecular flexibility index (Phi) is 4.82. The number of aliphatic hydroxyl groups excluding tert-OH is 1.